The Morgan fingerprint density at radius 3 is 2.54 bits per heavy atom. The number of anilines is 1. The number of amides is 2. The Labute approximate surface area is 154 Å². The molecule has 2 amide bonds. The first-order chi connectivity index (χ1) is 12.5. The van der Waals surface area contributed by atoms with Gasteiger partial charge in [-0.15, -0.1) is 0 Å². The van der Waals surface area contributed by atoms with Gasteiger partial charge >= 0.3 is 6.03 Å². The van der Waals surface area contributed by atoms with Crippen LogP contribution in [-0.2, 0) is 11.3 Å². The van der Waals surface area contributed by atoms with Gasteiger partial charge in [-0.05, 0) is 36.6 Å². The second-order valence-corrected chi connectivity index (χ2v) is 6.70. The van der Waals surface area contributed by atoms with Crippen LogP contribution in [0.25, 0.3) is 0 Å². The van der Waals surface area contributed by atoms with Crippen LogP contribution in [-0.4, -0.2) is 36.3 Å². The van der Waals surface area contributed by atoms with Crippen molar-refractivity contribution in [1.82, 2.24) is 4.90 Å². The summed E-state index contributed by atoms with van der Waals surface area (Å²) in [7, 11) is 1.77. The number of hydrogen-bond donors (Lipinski definition) is 1. The van der Waals surface area contributed by atoms with Gasteiger partial charge in [0.15, 0.2) is 6.10 Å². The van der Waals surface area contributed by atoms with Gasteiger partial charge in [0.05, 0.1) is 12.3 Å². The van der Waals surface area contributed by atoms with E-state index in [0.29, 0.717) is 13.0 Å². The minimum atomic E-state index is -0.151. The topological polar surface area (TPSA) is 53.9 Å². The van der Waals surface area contributed by atoms with E-state index in [0.717, 1.165) is 23.4 Å². The molecule has 0 aromatic heterocycles. The standard InChI is InChI=1S/C21H25N3O2/c1-4-16-7-11-18(12-8-16)22-21(25)24(3)14-19-13-20(23-26-19)17-9-5-15(2)6-10-17/h5-12,19H,4,13-14H2,1-3H3,(H,22,25). The minimum Gasteiger partial charge on any atom is -0.390 e. The number of carbonyl (C=O) groups excluding carboxylic acids is 1. The van der Waals surface area contributed by atoms with Gasteiger partial charge in [0.1, 0.15) is 0 Å². The molecule has 1 aliphatic rings. The van der Waals surface area contributed by atoms with Gasteiger partial charge in [-0.2, -0.15) is 0 Å². The van der Waals surface area contributed by atoms with Crippen LogP contribution in [0.3, 0.4) is 0 Å². The second-order valence-electron chi connectivity index (χ2n) is 6.70. The van der Waals surface area contributed by atoms with Crippen molar-refractivity contribution in [2.75, 3.05) is 18.9 Å². The Kier molecular flexibility index (Phi) is 5.56. The van der Waals surface area contributed by atoms with Crippen LogP contribution in [0.2, 0.25) is 0 Å². The van der Waals surface area contributed by atoms with Gasteiger partial charge in [-0.3, -0.25) is 0 Å². The first-order valence-electron chi connectivity index (χ1n) is 8.96. The number of benzene rings is 2. The molecule has 0 saturated carbocycles. The lowest BCUT2D eigenvalue weighted by atomic mass is 10.0. The molecule has 0 aliphatic carbocycles. The van der Waals surface area contributed by atoms with Crippen molar-refractivity contribution in [2.45, 2.75) is 32.8 Å². The molecule has 0 spiro atoms. The summed E-state index contributed by atoms with van der Waals surface area (Å²) >= 11 is 0. The van der Waals surface area contributed by atoms with Gasteiger partial charge in [0.2, 0.25) is 0 Å². The predicted octanol–water partition coefficient (Wildman–Crippen LogP) is 4.21. The maximum absolute atomic E-state index is 12.4. The Balaban J connectivity index is 1.51. The van der Waals surface area contributed by atoms with Crippen LogP contribution in [0.15, 0.2) is 53.7 Å². The minimum absolute atomic E-state index is 0.121. The maximum Gasteiger partial charge on any atom is 0.321 e. The van der Waals surface area contributed by atoms with Crippen molar-refractivity contribution < 1.29 is 9.63 Å². The van der Waals surface area contributed by atoms with Crippen molar-refractivity contribution >= 4 is 17.4 Å². The van der Waals surface area contributed by atoms with Crippen molar-refractivity contribution in [3.05, 3.63) is 65.2 Å². The normalized spacial score (nSPS) is 16.0. The van der Waals surface area contributed by atoms with Gasteiger partial charge in [0, 0.05) is 19.2 Å². The molecule has 2 aromatic carbocycles. The molecule has 0 saturated heterocycles. The lowest BCUT2D eigenvalue weighted by Crippen LogP contribution is -2.37. The van der Waals surface area contributed by atoms with Crippen LogP contribution in [0.1, 0.15) is 30.0 Å². The smallest absolute Gasteiger partial charge is 0.321 e. The molecule has 3 rings (SSSR count). The molecule has 5 heteroatoms. The van der Waals surface area contributed by atoms with Crippen molar-refractivity contribution in [3.8, 4) is 0 Å². The molecule has 1 heterocycles. The molecule has 26 heavy (non-hydrogen) atoms. The number of likely N-dealkylation sites (N-methyl/N-ethyl adjacent to an activating group) is 1. The summed E-state index contributed by atoms with van der Waals surface area (Å²) in [5.41, 5.74) is 5.26. The van der Waals surface area contributed by atoms with Crippen LogP contribution in [0.4, 0.5) is 10.5 Å². The van der Waals surface area contributed by atoms with Gasteiger partial charge < -0.3 is 15.1 Å². The first-order valence-corrected chi connectivity index (χ1v) is 8.96. The number of urea groups is 1. The summed E-state index contributed by atoms with van der Waals surface area (Å²) in [4.78, 5) is 19.5. The maximum atomic E-state index is 12.4. The molecular formula is C21H25N3O2. The average molecular weight is 351 g/mol. The van der Waals surface area contributed by atoms with Crippen molar-refractivity contribution in [2.24, 2.45) is 5.16 Å². The quantitative estimate of drug-likeness (QED) is 0.877. The number of nitrogens with zero attached hydrogens (tertiary/aromatic N) is 2. The molecule has 0 bridgehead atoms. The third-order valence-corrected chi connectivity index (χ3v) is 4.56. The third kappa shape index (κ3) is 4.42. The van der Waals surface area contributed by atoms with Crippen LogP contribution in [0.5, 0.6) is 0 Å². The summed E-state index contributed by atoms with van der Waals surface area (Å²) in [5.74, 6) is 0. The van der Waals surface area contributed by atoms with Crippen LogP contribution >= 0.6 is 0 Å². The Bertz CT molecular complexity index is 782. The Morgan fingerprint density at radius 1 is 1.19 bits per heavy atom. The summed E-state index contributed by atoms with van der Waals surface area (Å²) in [6.45, 7) is 4.65. The average Bonchev–Trinajstić information content (AvgIpc) is 3.11. The fourth-order valence-corrected chi connectivity index (χ4v) is 2.87. The van der Waals surface area contributed by atoms with Gasteiger partial charge in [0.25, 0.3) is 0 Å². The third-order valence-electron chi connectivity index (χ3n) is 4.56. The Hall–Kier alpha value is -2.82. The molecule has 1 aliphatic heterocycles. The zero-order chi connectivity index (χ0) is 18.5. The van der Waals surface area contributed by atoms with E-state index in [1.165, 1.54) is 11.1 Å². The van der Waals surface area contributed by atoms with Crippen molar-refractivity contribution in [3.63, 3.8) is 0 Å². The molecule has 2 aromatic rings. The number of hydrogen-bond acceptors (Lipinski definition) is 3. The molecular weight excluding hydrogens is 326 g/mol. The Morgan fingerprint density at radius 2 is 1.88 bits per heavy atom. The SMILES string of the molecule is CCc1ccc(NC(=O)N(C)CC2CC(c3ccc(C)cc3)=NO2)cc1. The zero-order valence-corrected chi connectivity index (χ0v) is 15.5. The van der Waals surface area contributed by atoms with E-state index in [1.54, 1.807) is 11.9 Å². The molecule has 1 N–H and O–H groups in total. The molecule has 1 unspecified atom stereocenters. The highest BCUT2D eigenvalue weighted by atomic mass is 16.6. The molecule has 5 nitrogen and oxygen atoms in total. The van der Waals surface area contributed by atoms with Crippen LogP contribution < -0.4 is 5.32 Å². The number of oxime groups is 1. The molecule has 1 atom stereocenters. The van der Waals surface area contributed by atoms with E-state index in [9.17, 15) is 4.79 Å². The largest absolute Gasteiger partial charge is 0.390 e. The van der Waals surface area contributed by atoms with E-state index in [1.807, 2.05) is 24.3 Å². The van der Waals surface area contributed by atoms with Crippen molar-refractivity contribution in [1.29, 1.82) is 0 Å². The van der Waals surface area contributed by atoms with E-state index < -0.39 is 0 Å². The van der Waals surface area contributed by atoms with Gasteiger partial charge in [-0.1, -0.05) is 54.0 Å². The number of carbonyl (C=O) groups is 1. The predicted molar refractivity (Wildman–Crippen MR) is 105 cm³/mol. The van der Waals surface area contributed by atoms with E-state index >= 15 is 0 Å². The zero-order valence-electron chi connectivity index (χ0n) is 15.5. The summed E-state index contributed by atoms with van der Waals surface area (Å²) in [5, 5.41) is 7.10. The van der Waals surface area contributed by atoms with E-state index in [2.05, 4.69) is 48.6 Å². The van der Waals surface area contributed by atoms with Crippen LogP contribution in [0, 0.1) is 6.92 Å². The highest BCUT2D eigenvalue weighted by Gasteiger charge is 2.25. The molecule has 0 fully saturated rings. The molecule has 0 radical (unpaired) electrons. The second kappa shape index (κ2) is 8.04. The first kappa shape index (κ1) is 18.0. The number of aryl methyl sites for hydroxylation is 2. The fourth-order valence-electron chi connectivity index (χ4n) is 2.87. The lowest BCUT2D eigenvalue weighted by Gasteiger charge is -2.20. The van der Waals surface area contributed by atoms with E-state index in [4.69, 9.17) is 4.84 Å². The highest BCUT2D eigenvalue weighted by molar-refractivity contribution is 6.01. The lowest BCUT2D eigenvalue weighted by molar-refractivity contribution is 0.0672. The monoisotopic (exact) mass is 351 g/mol. The molecule has 136 valence electrons. The summed E-state index contributed by atoms with van der Waals surface area (Å²) in [6.07, 6.45) is 1.56. The number of nitrogens with one attached hydrogen (secondary N) is 1. The summed E-state index contributed by atoms with van der Waals surface area (Å²) < 4.78 is 0. The fraction of sp³-hybridized carbons (Fsp3) is 0.333. The number of rotatable bonds is 5. The summed E-state index contributed by atoms with van der Waals surface area (Å²) in [6, 6.07) is 16.0. The van der Waals surface area contributed by atoms with E-state index in [-0.39, 0.29) is 12.1 Å². The highest BCUT2D eigenvalue weighted by Crippen LogP contribution is 2.18. The van der Waals surface area contributed by atoms with Gasteiger partial charge in [-0.25, -0.2) is 4.79 Å².